The molecule has 4 atom stereocenters. The lowest BCUT2D eigenvalue weighted by Gasteiger charge is -2.56. The molecule has 2 aromatic carbocycles. The summed E-state index contributed by atoms with van der Waals surface area (Å²) in [6.07, 6.45) is 3.46. The number of carbonyl (C=O) groups excluding carboxylic acids is 2. The highest BCUT2D eigenvalue weighted by Crippen LogP contribution is 2.50. The molecule has 0 radical (unpaired) electrons. The minimum Gasteiger partial charge on any atom is -0.427 e. The van der Waals surface area contributed by atoms with Crippen molar-refractivity contribution in [3.8, 4) is 5.75 Å². The average molecular weight is 463 g/mol. The van der Waals surface area contributed by atoms with Gasteiger partial charge in [-0.25, -0.2) is 0 Å². The Hall–Kier alpha value is -2.96. The number of aliphatic hydroxyl groups is 1. The Labute approximate surface area is 201 Å². The van der Waals surface area contributed by atoms with Crippen LogP contribution in [0.3, 0.4) is 0 Å². The summed E-state index contributed by atoms with van der Waals surface area (Å²) in [6.45, 7) is 7.68. The number of aliphatic hydroxyl groups excluding tert-OH is 1. The van der Waals surface area contributed by atoms with E-state index in [4.69, 9.17) is 4.74 Å². The van der Waals surface area contributed by atoms with Crippen LogP contribution in [-0.2, 0) is 10.2 Å². The number of piperidine rings is 1. The molecular weight excluding hydrogens is 428 g/mol. The van der Waals surface area contributed by atoms with E-state index in [2.05, 4.69) is 17.5 Å². The molecule has 0 bridgehead atoms. The van der Waals surface area contributed by atoms with Crippen LogP contribution in [0.15, 0.2) is 67.3 Å². The van der Waals surface area contributed by atoms with Gasteiger partial charge in [-0.1, -0.05) is 36.4 Å². The molecule has 1 aliphatic carbocycles. The van der Waals surface area contributed by atoms with Gasteiger partial charge >= 0.3 is 5.97 Å². The van der Waals surface area contributed by atoms with E-state index in [1.165, 1.54) is 6.92 Å². The highest BCUT2D eigenvalue weighted by molar-refractivity contribution is 5.94. The molecule has 2 aliphatic rings. The monoisotopic (exact) mass is 462 g/mol. The number of esters is 1. The van der Waals surface area contributed by atoms with E-state index in [0.717, 1.165) is 38.0 Å². The topological polar surface area (TPSA) is 70.1 Å². The number of hydrogen-bond donors (Lipinski definition) is 1. The van der Waals surface area contributed by atoms with Crippen molar-refractivity contribution < 1.29 is 19.4 Å². The quantitative estimate of drug-likeness (QED) is 0.403. The molecule has 1 unspecified atom stereocenters. The van der Waals surface area contributed by atoms with Gasteiger partial charge in [0, 0.05) is 50.0 Å². The summed E-state index contributed by atoms with van der Waals surface area (Å²) in [5.74, 6) is 0.119. The van der Waals surface area contributed by atoms with Crippen LogP contribution in [0.2, 0.25) is 0 Å². The predicted molar refractivity (Wildman–Crippen MR) is 132 cm³/mol. The van der Waals surface area contributed by atoms with Crippen molar-refractivity contribution in [2.75, 3.05) is 26.7 Å². The van der Waals surface area contributed by atoms with Gasteiger partial charge in [-0.15, -0.1) is 6.58 Å². The van der Waals surface area contributed by atoms with E-state index in [0.29, 0.717) is 17.7 Å². The molecule has 1 amide bonds. The maximum absolute atomic E-state index is 13.2. The molecule has 180 valence electrons. The van der Waals surface area contributed by atoms with E-state index in [1.54, 1.807) is 11.0 Å². The molecule has 0 spiro atoms. The molecule has 1 heterocycles. The average Bonchev–Trinajstić information content (AvgIpc) is 2.84. The van der Waals surface area contributed by atoms with Crippen LogP contribution in [0.25, 0.3) is 0 Å². The zero-order valence-electron chi connectivity index (χ0n) is 20.0. The van der Waals surface area contributed by atoms with Crippen LogP contribution in [0.1, 0.15) is 42.1 Å². The number of nitrogens with zero attached hydrogens (tertiary/aromatic N) is 2. The Morgan fingerprint density at radius 1 is 1.24 bits per heavy atom. The number of benzene rings is 2. The third-order valence-electron chi connectivity index (χ3n) is 7.56. The van der Waals surface area contributed by atoms with Crippen LogP contribution in [-0.4, -0.2) is 65.6 Å². The van der Waals surface area contributed by atoms with Crippen molar-refractivity contribution >= 4 is 11.9 Å². The van der Waals surface area contributed by atoms with E-state index in [-0.39, 0.29) is 29.3 Å². The van der Waals surface area contributed by atoms with Gasteiger partial charge < -0.3 is 14.7 Å². The van der Waals surface area contributed by atoms with Gasteiger partial charge in [-0.2, -0.15) is 0 Å². The minimum atomic E-state index is -0.560. The molecule has 34 heavy (non-hydrogen) atoms. The van der Waals surface area contributed by atoms with Crippen molar-refractivity contribution in [1.82, 2.24) is 9.80 Å². The molecule has 6 nitrogen and oxygen atoms in total. The Bertz CT molecular complexity index is 1040. The highest BCUT2D eigenvalue weighted by Gasteiger charge is 2.53. The predicted octanol–water partition coefficient (Wildman–Crippen LogP) is 3.65. The first-order chi connectivity index (χ1) is 16.3. The van der Waals surface area contributed by atoms with Crippen molar-refractivity contribution in [1.29, 1.82) is 0 Å². The molecule has 4 rings (SSSR count). The van der Waals surface area contributed by atoms with Crippen LogP contribution in [0.4, 0.5) is 0 Å². The third kappa shape index (κ3) is 4.79. The molecule has 1 aliphatic heterocycles. The zero-order valence-corrected chi connectivity index (χ0v) is 20.0. The molecule has 1 N–H and O–H groups in total. The fraction of sp³-hybridized carbons (Fsp3) is 0.429. The summed E-state index contributed by atoms with van der Waals surface area (Å²) in [7, 11) is 1.84. The number of hydrogen-bond acceptors (Lipinski definition) is 5. The smallest absolute Gasteiger partial charge is 0.308 e. The van der Waals surface area contributed by atoms with Crippen molar-refractivity contribution in [2.24, 2.45) is 5.92 Å². The van der Waals surface area contributed by atoms with Crippen molar-refractivity contribution in [3.05, 3.63) is 78.4 Å². The Morgan fingerprint density at radius 2 is 2.00 bits per heavy atom. The second-order valence-electron chi connectivity index (χ2n) is 9.63. The lowest BCUT2D eigenvalue weighted by molar-refractivity contribution is -0.131. The molecule has 2 fully saturated rings. The normalized spacial score (nSPS) is 26.9. The van der Waals surface area contributed by atoms with Crippen molar-refractivity contribution in [3.63, 3.8) is 0 Å². The third-order valence-corrected chi connectivity index (χ3v) is 7.56. The van der Waals surface area contributed by atoms with Gasteiger partial charge in [0.2, 0.25) is 0 Å². The van der Waals surface area contributed by atoms with E-state index in [1.807, 2.05) is 55.6 Å². The van der Waals surface area contributed by atoms with Gasteiger partial charge in [0.05, 0.1) is 6.10 Å². The van der Waals surface area contributed by atoms with E-state index >= 15 is 0 Å². The molecule has 6 heteroatoms. The molecule has 1 saturated carbocycles. The van der Waals surface area contributed by atoms with Gasteiger partial charge in [-0.3, -0.25) is 14.5 Å². The van der Waals surface area contributed by atoms with Gasteiger partial charge in [0.15, 0.2) is 0 Å². The van der Waals surface area contributed by atoms with Crippen molar-refractivity contribution in [2.45, 2.75) is 43.7 Å². The van der Waals surface area contributed by atoms with Gasteiger partial charge in [0.25, 0.3) is 5.91 Å². The van der Waals surface area contributed by atoms with E-state index < -0.39 is 6.10 Å². The lowest BCUT2D eigenvalue weighted by Crippen LogP contribution is -2.61. The number of carbonyl (C=O) groups is 2. The van der Waals surface area contributed by atoms with Crippen LogP contribution in [0, 0.1) is 5.92 Å². The summed E-state index contributed by atoms with van der Waals surface area (Å²) in [4.78, 5) is 28.9. The molecule has 1 saturated heterocycles. The van der Waals surface area contributed by atoms with Crippen LogP contribution in [0.5, 0.6) is 5.75 Å². The molecule has 2 aromatic rings. The number of ether oxygens (including phenoxy) is 1. The first kappa shape index (κ1) is 24.2. The number of fused-ring (bicyclic) bond motifs is 1. The summed E-state index contributed by atoms with van der Waals surface area (Å²) in [5.41, 5.74) is 1.37. The standard InChI is InChI=1S/C28H34N2O4/c1-4-14-30-15-13-28(22-11-8-12-24(16-22)34-20(2)31)18-23(17-26(32)25(28)19-30)29(3)27(33)21-9-6-5-7-10-21/h4-12,16,23,25-26,32H,1,13-15,17-19H2,2-3H3/t23-,25-,26?,28-/m0/s1. The molecule has 0 aromatic heterocycles. The SMILES string of the molecule is C=CCN1CC[C@@]2(c3cccc(OC(C)=O)c3)C[C@@H](N(C)C(=O)c3ccccc3)CC(O)[C@@H]2C1. The maximum Gasteiger partial charge on any atom is 0.308 e. The fourth-order valence-electron chi connectivity index (χ4n) is 5.88. The largest absolute Gasteiger partial charge is 0.427 e. The zero-order chi connectivity index (χ0) is 24.3. The summed E-state index contributed by atoms with van der Waals surface area (Å²) in [6, 6.07) is 16.9. The number of amides is 1. The highest BCUT2D eigenvalue weighted by atomic mass is 16.5. The summed E-state index contributed by atoms with van der Waals surface area (Å²) in [5, 5.41) is 11.4. The van der Waals surface area contributed by atoms with Crippen LogP contribution >= 0.6 is 0 Å². The minimum absolute atomic E-state index is 0.00487. The maximum atomic E-state index is 13.2. The Kier molecular flexibility index (Phi) is 7.19. The first-order valence-corrected chi connectivity index (χ1v) is 12.0. The Balaban J connectivity index is 1.69. The number of rotatable bonds is 6. The lowest BCUT2D eigenvalue weighted by atomic mass is 9.56. The summed E-state index contributed by atoms with van der Waals surface area (Å²) >= 11 is 0. The molecular formula is C28H34N2O4. The fourth-order valence-corrected chi connectivity index (χ4v) is 5.88. The second kappa shape index (κ2) is 10.1. The van der Waals surface area contributed by atoms with E-state index in [9.17, 15) is 14.7 Å². The van der Waals surface area contributed by atoms with Gasteiger partial charge in [-0.05, 0) is 55.6 Å². The summed E-state index contributed by atoms with van der Waals surface area (Å²) < 4.78 is 5.39. The Morgan fingerprint density at radius 3 is 2.71 bits per heavy atom. The first-order valence-electron chi connectivity index (χ1n) is 12.0. The number of likely N-dealkylation sites (tertiary alicyclic amines) is 1. The van der Waals surface area contributed by atoms with Gasteiger partial charge in [0.1, 0.15) is 5.75 Å². The van der Waals surface area contributed by atoms with Crippen LogP contribution < -0.4 is 4.74 Å². The second-order valence-corrected chi connectivity index (χ2v) is 9.63.